The summed E-state index contributed by atoms with van der Waals surface area (Å²) in [6.45, 7) is 0. The second-order valence-corrected chi connectivity index (χ2v) is 14.5. The maximum atomic E-state index is 6.90. The molecule has 2 heterocycles. The van der Waals surface area contributed by atoms with Crippen molar-refractivity contribution >= 4 is 137 Å². The van der Waals surface area contributed by atoms with Gasteiger partial charge in [-0.3, -0.25) is 0 Å². The van der Waals surface area contributed by atoms with E-state index in [4.69, 9.17) is 54.9 Å². The van der Waals surface area contributed by atoms with E-state index >= 15 is 0 Å². The van der Waals surface area contributed by atoms with Crippen LogP contribution in [-0.4, -0.2) is 64.1 Å². The minimum Gasteiger partial charge on any atom is -0.310 e. The highest BCUT2D eigenvalue weighted by Gasteiger charge is 2.22. The van der Waals surface area contributed by atoms with Crippen molar-refractivity contribution in [2.45, 2.75) is 0 Å². The van der Waals surface area contributed by atoms with Gasteiger partial charge in [-0.05, 0) is 81.9 Å². The third kappa shape index (κ3) is 5.51. The summed E-state index contributed by atoms with van der Waals surface area (Å²) in [5.41, 5.74) is 13.1. The van der Waals surface area contributed by atoms with Crippen molar-refractivity contribution in [3.8, 4) is 44.8 Å². The molecule has 0 saturated heterocycles. The maximum Gasteiger partial charge on any atom is 0.115 e. The van der Waals surface area contributed by atoms with Crippen molar-refractivity contribution in [2.75, 3.05) is 0 Å². The van der Waals surface area contributed by atoms with Crippen molar-refractivity contribution in [1.82, 2.24) is 9.13 Å². The number of hydrogen-bond donors (Lipinski definition) is 0. The van der Waals surface area contributed by atoms with Gasteiger partial charge in [-0.2, -0.15) is 0 Å². The Balaban J connectivity index is 1.12. The van der Waals surface area contributed by atoms with E-state index in [0.29, 0.717) is 33.2 Å². The largest absolute Gasteiger partial charge is 0.310 e. The van der Waals surface area contributed by atoms with Crippen LogP contribution in [-0.2, 0) is 0 Å². The van der Waals surface area contributed by atoms with E-state index in [1.165, 1.54) is 21.9 Å². The molecule has 0 atom stereocenters. The zero-order chi connectivity index (χ0) is 39.1. The SMILES string of the molecule is [B]c1cc([B])c(-c2c([B])c([B])c(-n3c4ccccc4c4cc(-c5ccc6c(c5)c5ccccc5n6-c5ccc(-c6ccccc6)cc5)ccc43)c([B])c2[B])c([B])c1. The number of fused-ring (bicyclic) bond motifs is 6. The Kier molecular flexibility index (Phi) is 8.34. The van der Waals surface area contributed by atoms with Crippen molar-refractivity contribution < 1.29 is 0 Å². The first-order valence-corrected chi connectivity index (χ1v) is 18.6. The van der Waals surface area contributed by atoms with Crippen molar-refractivity contribution in [1.29, 1.82) is 0 Å². The van der Waals surface area contributed by atoms with Crippen LogP contribution in [0.25, 0.3) is 88.4 Å². The van der Waals surface area contributed by atoms with Crippen LogP contribution in [0, 0.1) is 0 Å². The molecule has 0 saturated carbocycles. The van der Waals surface area contributed by atoms with Crippen LogP contribution in [0.1, 0.15) is 0 Å². The summed E-state index contributed by atoms with van der Waals surface area (Å²) < 4.78 is 4.37. The Labute approximate surface area is 340 Å². The van der Waals surface area contributed by atoms with Gasteiger partial charge in [0.1, 0.15) is 54.9 Å². The lowest BCUT2D eigenvalue weighted by Gasteiger charge is -2.26. The van der Waals surface area contributed by atoms with Gasteiger partial charge in [0.05, 0.1) is 22.1 Å². The molecule has 0 unspecified atom stereocenters. The van der Waals surface area contributed by atoms with E-state index in [-0.39, 0.29) is 21.9 Å². The lowest BCUT2D eigenvalue weighted by atomic mass is 9.62. The van der Waals surface area contributed by atoms with Crippen molar-refractivity contribution in [3.63, 3.8) is 0 Å². The van der Waals surface area contributed by atoms with Gasteiger partial charge in [0, 0.05) is 32.9 Å². The number of nitrogens with zero attached hydrogens (tertiary/aromatic N) is 2. The molecule has 14 radical (unpaired) electrons. The average molecular weight is 705 g/mol. The van der Waals surface area contributed by atoms with E-state index in [0.717, 1.165) is 49.7 Å². The third-order valence-electron chi connectivity index (χ3n) is 11.2. The van der Waals surface area contributed by atoms with Crippen LogP contribution in [0.2, 0.25) is 0 Å². The summed E-state index contributed by atoms with van der Waals surface area (Å²) in [7, 11) is 46.2. The normalized spacial score (nSPS) is 11.6. The van der Waals surface area contributed by atoms with Gasteiger partial charge in [0.25, 0.3) is 0 Å². The Bertz CT molecular complexity index is 3200. The topological polar surface area (TPSA) is 9.86 Å². The molecule has 10 aromatic rings. The Hall–Kier alpha value is -6.19. The van der Waals surface area contributed by atoms with Crippen LogP contribution in [0.5, 0.6) is 0 Å². The zero-order valence-electron chi connectivity index (χ0n) is 30.9. The average Bonchev–Trinajstić information content (AvgIpc) is 3.73. The molecule has 0 aliphatic carbocycles. The van der Waals surface area contributed by atoms with Gasteiger partial charge in [-0.15, -0.1) is 0 Å². The number of rotatable bonds is 5. The number of benzene rings is 8. The molecule has 0 spiro atoms. The summed E-state index contributed by atoms with van der Waals surface area (Å²) in [4.78, 5) is 0. The predicted molar refractivity (Wildman–Crippen MR) is 249 cm³/mol. The first-order valence-electron chi connectivity index (χ1n) is 18.6. The van der Waals surface area contributed by atoms with E-state index < -0.39 is 0 Å². The third-order valence-corrected chi connectivity index (χ3v) is 11.2. The number of hydrogen-bond acceptors (Lipinski definition) is 0. The predicted octanol–water partition coefficient (Wildman–Crippen LogP) is 4.44. The van der Waals surface area contributed by atoms with E-state index in [2.05, 4.69) is 120 Å². The summed E-state index contributed by atoms with van der Waals surface area (Å²) in [6, 6.07) is 52.3. The smallest absolute Gasteiger partial charge is 0.115 e. The first kappa shape index (κ1) is 35.2. The highest BCUT2D eigenvalue weighted by atomic mass is 15.0. The van der Waals surface area contributed by atoms with Crippen LogP contribution in [0.15, 0.2) is 152 Å². The monoisotopic (exact) mass is 706 g/mol. The summed E-state index contributed by atoms with van der Waals surface area (Å²) >= 11 is 0. The fourth-order valence-electron chi connectivity index (χ4n) is 8.58. The summed E-state index contributed by atoms with van der Waals surface area (Å²) in [6.07, 6.45) is 0. The molecular formula is C48H25B7N2. The minimum absolute atomic E-state index is 0.224. The number of para-hydroxylation sites is 2. The molecule has 0 aliphatic rings. The van der Waals surface area contributed by atoms with Crippen LogP contribution < -0.4 is 38.2 Å². The lowest BCUT2D eigenvalue weighted by Crippen LogP contribution is -2.47. The standard InChI is InChI=1S/C48H25B7N2/c49-30-24-36(50)42(37(51)25-30)43-44(52)46(54)48(47(55)45(43)53)57-39-13-7-5-11-33(39)35-23-29(17-21-41(35)57)28-16-20-40-34(22-28)32-10-4-6-12-38(32)56(40)31-18-14-27(15-19-31)26-8-2-1-3-9-26/h1-25H. The Morgan fingerprint density at radius 1 is 0.316 bits per heavy atom. The fourth-order valence-corrected chi connectivity index (χ4v) is 8.58. The molecule has 2 nitrogen and oxygen atoms in total. The Morgan fingerprint density at radius 2 is 0.754 bits per heavy atom. The molecule has 0 fully saturated rings. The molecule has 9 heteroatoms. The van der Waals surface area contributed by atoms with Gasteiger partial charge in [0.2, 0.25) is 0 Å². The highest BCUT2D eigenvalue weighted by molar-refractivity contribution is 6.63. The van der Waals surface area contributed by atoms with Gasteiger partial charge < -0.3 is 9.13 Å². The van der Waals surface area contributed by atoms with E-state index in [1.807, 2.05) is 28.8 Å². The van der Waals surface area contributed by atoms with Crippen molar-refractivity contribution in [3.05, 3.63) is 152 Å². The maximum absolute atomic E-state index is 6.90. The second kappa shape index (κ2) is 13.5. The second-order valence-electron chi connectivity index (χ2n) is 14.5. The molecule has 2 aromatic heterocycles. The van der Waals surface area contributed by atoms with Crippen molar-refractivity contribution in [2.24, 2.45) is 0 Å². The quantitative estimate of drug-likeness (QED) is 0.235. The Morgan fingerprint density at radius 3 is 1.32 bits per heavy atom. The lowest BCUT2D eigenvalue weighted by molar-refractivity contribution is 1.18. The molecule has 0 bridgehead atoms. The van der Waals surface area contributed by atoms with Crippen LogP contribution in [0.4, 0.5) is 0 Å². The zero-order valence-corrected chi connectivity index (χ0v) is 30.9. The molecule has 0 amide bonds. The first-order chi connectivity index (χ1) is 27.7. The summed E-state index contributed by atoms with van der Waals surface area (Å²) in [5, 5.41) is 4.41. The molecule has 0 N–H and O–H groups in total. The van der Waals surface area contributed by atoms with E-state index in [9.17, 15) is 0 Å². The van der Waals surface area contributed by atoms with Gasteiger partial charge in [-0.25, -0.2) is 0 Å². The minimum atomic E-state index is 0.224. The van der Waals surface area contributed by atoms with Gasteiger partial charge >= 0.3 is 0 Å². The molecule has 0 aliphatic heterocycles. The molecular weight excluding hydrogens is 680 g/mol. The van der Waals surface area contributed by atoms with E-state index in [1.54, 1.807) is 12.1 Å². The van der Waals surface area contributed by atoms with Gasteiger partial charge in [-0.1, -0.05) is 141 Å². The molecule has 248 valence electrons. The summed E-state index contributed by atoms with van der Waals surface area (Å²) in [5.74, 6) is 0. The molecule has 57 heavy (non-hydrogen) atoms. The van der Waals surface area contributed by atoms with Gasteiger partial charge in [0.15, 0.2) is 0 Å². The molecule has 8 aromatic carbocycles. The van der Waals surface area contributed by atoms with Crippen LogP contribution >= 0.6 is 0 Å². The molecule has 10 rings (SSSR count). The highest BCUT2D eigenvalue weighted by Crippen LogP contribution is 2.38. The van der Waals surface area contributed by atoms with Crippen LogP contribution in [0.3, 0.4) is 0 Å². The fraction of sp³-hybridized carbons (Fsp3) is 0. The number of aromatic nitrogens is 2.